The summed E-state index contributed by atoms with van der Waals surface area (Å²) in [4.78, 5) is 17.8. The van der Waals surface area contributed by atoms with Crippen LogP contribution < -0.4 is 5.32 Å². The molecule has 0 saturated heterocycles. The predicted molar refractivity (Wildman–Crippen MR) is 117 cm³/mol. The van der Waals surface area contributed by atoms with E-state index in [0.29, 0.717) is 6.04 Å². The zero-order chi connectivity index (χ0) is 20.1. The van der Waals surface area contributed by atoms with Crippen LogP contribution in [-0.4, -0.2) is 66.2 Å². The van der Waals surface area contributed by atoms with Crippen LogP contribution in [0.25, 0.3) is 10.9 Å². The highest BCUT2D eigenvalue weighted by atomic mass is 16.2. The van der Waals surface area contributed by atoms with Crippen LogP contribution in [-0.2, 0) is 6.42 Å². The molecule has 0 unspecified atom stereocenters. The number of fused-ring (bicyclic) bond motifs is 1. The number of hydrogen-bond acceptors (Lipinski definition) is 3. The van der Waals surface area contributed by atoms with Gasteiger partial charge in [-0.15, -0.1) is 0 Å². The Morgan fingerprint density at radius 3 is 2.43 bits per heavy atom. The number of amides is 1. The van der Waals surface area contributed by atoms with Crippen molar-refractivity contribution in [1.29, 1.82) is 0 Å². The predicted octanol–water partition coefficient (Wildman–Crippen LogP) is 3.96. The molecule has 0 radical (unpaired) electrons. The monoisotopic (exact) mass is 384 g/mol. The molecule has 1 aromatic heterocycles. The van der Waals surface area contributed by atoms with Crippen molar-refractivity contribution in [3.8, 4) is 0 Å². The minimum atomic E-state index is 0.0126. The number of para-hydroxylation sites is 1. The third-order valence-corrected chi connectivity index (χ3v) is 6.19. The molecule has 1 fully saturated rings. The minimum absolute atomic E-state index is 0.0126. The Balaban J connectivity index is 1.67. The summed E-state index contributed by atoms with van der Waals surface area (Å²) >= 11 is 0. The van der Waals surface area contributed by atoms with Crippen molar-refractivity contribution >= 4 is 16.9 Å². The highest BCUT2D eigenvalue weighted by Crippen LogP contribution is 2.25. The summed E-state index contributed by atoms with van der Waals surface area (Å²) in [5.74, 6) is 0. The van der Waals surface area contributed by atoms with E-state index in [0.717, 1.165) is 44.4 Å². The second kappa shape index (κ2) is 9.57. The lowest BCUT2D eigenvalue weighted by atomic mass is 9.90. The van der Waals surface area contributed by atoms with E-state index in [2.05, 4.69) is 55.2 Å². The molecule has 154 valence electrons. The van der Waals surface area contributed by atoms with E-state index < -0.39 is 0 Å². The third-order valence-electron chi connectivity index (χ3n) is 6.19. The Bertz CT molecular complexity index is 770. The van der Waals surface area contributed by atoms with Crippen molar-refractivity contribution in [3.63, 3.8) is 0 Å². The molecule has 5 nitrogen and oxygen atoms in total. The van der Waals surface area contributed by atoms with E-state index in [1.807, 2.05) is 22.9 Å². The lowest BCUT2D eigenvalue weighted by Gasteiger charge is -2.36. The first-order valence-electron chi connectivity index (χ1n) is 10.8. The topological polar surface area (TPSA) is 40.5 Å². The van der Waals surface area contributed by atoms with E-state index in [-0.39, 0.29) is 12.1 Å². The first-order valence-corrected chi connectivity index (χ1v) is 10.8. The van der Waals surface area contributed by atoms with Crippen LogP contribution in [0.4, 0.5) is 4.79 Å². The number of rotatable bonds is 7. The van der Waals surface area contributed by atoms with Gasteiger partial charge in [0.15, 0.2) is 0 Å². The van der Waals surface area contributed by atoms with Crippen molar-refractivity contribution < 1.29 is 4.79 Å². The zero-order valence-corrected chi connectivity index (χ0v) is 17.9. The lowest BCUT2D eigenvalue weighted by molar-refractivity contribution is 0.157. The molecule has 1 aliphatic rings. The zero-order valence-electron chi connectivity index (χ0n) is 17.9. The Morgan fingerprint density at radius 1 is 1.11 bits per heavy atom. The summed E-state index contributed by atoms with van der Waals surface area (Å²) in [6.45, 7) is 7.68. The van der Waals surface area contributed by atoms with Crippen molar-refractivity contribution in [2.45, 2.75) is 58.0 Å². The maximum absolute atomic E-state index is 13.0. The SMILES string of the molecule is CCN(CC)C1CCC(NC(=O)n2cc(CCN(C)C)c3ccccc32)CC1. The molecule has 1 aromatic carbocycles. The van der Waals surface area contributed by atoms with E-state index in [1.165, 1.54) is 23.8 Å². The number of carbonyl (C=O) groups is 1. The van der Waals surface area contributed by atoms with E-state index in [1.54, 1.807) is 0 Å². The summed E-state index contributed by atoms with van der Waals surface area (Å²) in [7, 11) is 4.17. The van der Waals surface area contributed by atoms with Gasteiger partial charge in [-0.25, -0.2) is 4.79 Å². The van der Waals surface area contributed by atoms with Crippen molar-refractivity contribution in [2.24, 2.45) is 0 Å². The maximum atomic E-state index is 13.0. The Labute approximate surface area is 169 Å². The van der Waals surface area contributed by atoms with Gasteiger partial charge in [0.2, 0.25) is 0 Å². The van der Waals surface area contributed by atoms with Gasteiger partial charge in [0, 0.05) is 30.2 Å². The number of nitrogens with one attached hydrogen (secondary N) is 1. The fourth-order valence-corrected chi connectivity index (χ4v) is 4.53. The van der Waals surface area contributed by atoms with Crippen molar-refractivity contribution in [1.82, 2.24) is 19.7 Å². The molecule has 0 bridgehead atoms. The molecule has 0 spiro atoms. The van der Waals surface area contributed by atoms with E-state index in [9.17, 15) is 4.79 Å². The van der Waals surface area contributed by atoms with Crippen LogP contribution in [0, 0.1) is 0 Å². The number of benzene rings is 1. The molecule has 1 amide bonds. The van der Waals surface area contributed by atoms with Gasteiger partial charge >= 0.3 is 6.03 Å². The van der Waals surface area contributed by atoms with Gasteiger partial charge in [-0.1, -0.05) is 32.0 Å². The quantitative estimate of drug-likeness (QED) is 0.786. The number of nitrogens with zero attached hydrogens (tertiary/aromatic N) is 3. The first-order chi connectivity index (χ1) is 13.5. The molecule has 1 aliphatic carbocycles. The number of carbonyl (C=O) groups excluding carboxylic acids is 1. The number of likely N-dealkylation sites (N-methyl/N-ethyl adjacent to an activating group) is 1. The van der Waals surface area contributed by atoms with Gasteiger partial charge in [0.1, 0.15) is 0 Å². The standard InChI is InChI=1S/C23H36N4O/c1-5-26(6-2)20-13-11-19(12-14-20)24-23(28)27-17-18(15-16-25(3)4)21-9-7-8-10-22(21)27/h7-10,17,19-20H,5-6,11-16H2,1-4H3,(H,24,28). The Kier molecular flexibility index (Phi) is 7.13. The third kappa shape index (κ3) is 4.76. The summed E-state index contributed by atoms with van der Waals surface area (Å²) in [5.41, 5.74) is 2.25. The molecular weight excluding hydrogens is 348 g/mol. The second-order valence-electron chi connectivity index (χ2n) is 8.27. The average molecular weight is 385 g/mol. The molecule has 0 atom stereocenters. The molecule has 1 saturated carbocycles. The summed E-state index contributed by atoms with van der Waals surface area (Å²) in [5, 5.41) is 4.48. The van der Waals surface area contributed by atoms with Crippen molar-refractivity contribution in [2.75, 3.05) is 33.7 Å². The van der Waals surface area contributed by atoms with E-state index in [4.69, 9.17) is 0 Å². The van der Waals surface area contributed by atoms with Crippen molar-refractivity contribution in [3.05, 3.63) is 36.0 Å². The molecule has 1 N–H and O–H groups in total. The number of hydrogen-bond donors (Lipinski definition) is 1. The molecule has 28 heavy (non-hydrogen) atoms. The normalized spacial score (nSPS) is 20.2. The van der Waals surface area contributed by atoms with Crippen LogP contribution in [0.15, 0.2) is 30.5 Å². The van der Waals surface area contributed by atoms with Gasteiger partial charge in [0.25, 0.3) is 0 Å². The van der Waals surface area contributed by atoms with Crippen LogP contribution >= 0.6 is 0 Å². The minimum Gasteiger partial charge on any atom is -0.335 e. The largest absolute Gasteiger partial charge is 0.335 e. The van der Waals surface area contributed by atoms with Gasteiger partial charge in [-0.05, 0) is 70.9 Å². The van der Waals surface area contributed by atoms with Gasteiger partial charge in [-0.2, -0.15) is 0 Å². The maximum Gasteiger partial charge on any atom is 0.326 e. The van der Waals surface area contributed by atoms with Crippen LogP contribution in [0.2, 0.25) is 0 Å². The summed E-state index contributed by atoms with van der Waals surface area (Å²) < 4.78 is 1.82. The molecule has 0 aliphatic heterocycles. The van der Waals surface area contributed by atoms with Crippen LogP contribution in [0.1, 0.15) is 45.1 Å². The Morgan fingerprint density at radius 2 is 1.79 bits per heavy atom. The van der Waals surface area contributed by atoms with Gasteiger partial charge in [0.05, 0.1) is 5.52 Å². The van der Waals surface area contributed by atoms with Gasteiger partial charge in [-0.3, -0.25) is 4.57 Å². The van der Waals surface area contributed by atoms with Crippen LogP contribution in [0.3, 0.4) is 0 Å². The second-order valence-corrected chi connectivity index (χ2v) is 8.27. The smallest absolute Gasteiger partial charge is 0.326 e. The highest BCUT2D eigenvalue weighted by molar-refractivity contribution is 5.93. The lowest BCUT2D eigenvalue weighted by Crippen LogP contribution is -2.44. The van der Waals surface area contributed by atoms with E-state index >= 15 is 0 Å². The molecular formula is C23H36N4O. The highest BCUT2D eigenvalue weighted by Gasteiger charge is 2.26. The average Bonchev–Trinajstić information content (AvgIpc) is 3.07. The number of aromatic nitrogens is 1. The Hall–Kier alpha value is -1.85. The molecule has 5 heteroatoms. The molecule has 1 heterocycles. The summed E-state index contributed by atoms with van der Waals surface area (Å²) in [6.07, 6.45) is 7.47. The first kappa shape index (κ1) is 20.9. The molecule has 2 aromatic rings. The fraction of sp³-hybridized carbons (Fsp3) is 0.609. The van der Waals surface area contributed by atoms with Crippen LogP contribution in [0.5, 0.6) is 0 Å². The molecule has 3 rings (SSSR count). The fourth-order valence-electron chi connectivity index (χ4n) is 4.53. The summed E-state index contributed by atoms with van der Waals surface area (Å²) in [6, 6.07) is 9.21. The van der Waals surface area contributed by atoms with Gasteiger partial charge < -0.3 is 15.1 Å².